The van der Waals surface area contributed by atoms with Crippen LogP contribution in [0.25, 0.3) is 0 Å². The molecule has 0 spiro atoms. The van der Waals surface area contributed by atoms with Crippen molar-refractivity contribution >= 4 is 33.1 Å². The summed E-state index contributed by atoms with van der Waals surface area (Å²) in [7, 11) is 0. The van der Waals surface area contributed by atoms with E-state index in [2.05, 4.69) is 33.4 Å². The topological polar surface area (TPSA) is 12.0 Å². The highest BCUT2D eigenvalue weighted by molar-refractivity contribution is 9.10. The monoisotopic (exact) mass is 297 g/mol. The number of hydrogen-bond donors (Lipinski definition) is 1. The Balaban J connectivity index is 1.94. The third-order valence-electron chi connectivity index (χ3n) is 3.05. The number of nitrogens with one attached hydrogen (secondary N) is 1. The van der Waals surface area contributed by atoms with E-state index in [1.54, 1.807) is 0 Å². The van der Waals surface area contributed by atoms with Gasteiger partial charge in [-0.15, -0.1) is 0 Å². The van der Waals surface area contributed by atoms with Crippen molar-refractivity contribution in [1.29, 1.82) is 0 Å². The fourth-order valence-corrected chi connectivity index (χ4v) is 2.68. The summed E-state index contributed by atoms with van der Waals surface area (Å²) >= 11 is 8.85. The van der Waals surface area contributed by atoms with Gasteiger partial charge >= 0.3 is 0 Å². The molecule has 0 saturated heterocycles. The molecule has 2 rings (SSSR count). The van der Waals surface area contributed by atoms with Crippen LogP contribution in [-0.2, 0) is 0 Å². The molecule has 16 heavy (non-hydrogen) atoms. The van der Waals surface area contributed by atoms with E-state index in [0.717, 1.165) is 15.0 Å². The van der Waals surface area contributed by atoms with Crippen LogP contribution < -0.4 is 5.32 Å². The van der Waals surface area contributed by atoms with E-state index in [1.807, 2.05) is 12.1 Å². The summed E-state index contributed by atoms with van der Waals surface area (Å²) in [5.41, 5.74) is 1.11. The van der Waals surface area contributed by atoms with Crippen LogP contribution in [0.1, 0.15) is 37.7 Å². The van der Waals surface area contributed by atoms with Gasteiger partial charge in [0.2, 0.25) is 0 Å². The summed E-state index contributed by atoms with van der Waals surface area (Å²) in [4.78, 5) is 0.888. The Bertz CT molecular complexity index is 355. The first kappa shape index (κ1) is 12.1. The largest absolute Gasteiger partial charge is 0.373 e. The lowest BCUT2D eigenvalue weighted by Crippen LogP contribution is -2.35. The van der Waals surface area contributed by atoms with Crippen molar-refractivity contribution in [3.8, 4) is 0 Å². The molecule has 1 nitrogen and oxygen atoms in total. The van der Waals surface area contributed by atoms with Crippen LogP contribution in [0.15, 0.2) is 28.7 Å². The normalized spacial score (nSPS) is 17.1. The van der Waals surface area contributed by atoms with E-state index < -0.39 is 0 Å². The lowest BCUT2D eigenvalue weighted by molar-refractivity contribution is 0.415. The summed E-state index contributed by atoms with van der Waals surface area (Å²) in [6.07, 6.45) is 6.57. The maximum Gasteiger partial charge on any atom is 0.106 e. The summed E-state index contributed by atoms with van der Waals surface area (Å²) in [6, 6.07) is 8.77. The molecule has 0 unspecified atom stereocenters. The summed E-state index contributed by atoms with van der Waals surface area (Å²) < 4.78 is 1.09. The minimum absolute atomic E-state index is 0.588. The van der Waals surface area contributed by atoms with Gasteiger partial charge in [0.1, 0.15) is 4.99 Å². The number of thiocarbonyl (C=S) groups is 1. The van der Waals surface area contributed by atoms with E-state index in [9.17, 15) is 0 Å². The van der Waals surface area contributed by atoms with Crippen molar-refractivity contribution in [2.45, 2.75) is 38.1 Å². The number of benzene rings is 1. The van der Waals surface area contributed by atoms with Crippen LogP contribution in [0.4, 0.5) is 0 Å². The summed E-state index contributed by atoms with van der Waals surface area (Å²) in [5, 5.41) is 3.47. The van der Waals surface area contributed by atoms with Gasteiger partial charge < -0.3 is 5.32 Å². The standard InChI is InChI=1S/C13H16BrNS/c14-11-8-6-10(7-9-11)13(16)15-12-4-2-1-3-5-12/h6-9,12H,1-5H2,(H,15,16). The first-order chi connectivity index (χ1) is 7.75. The van der Waals surface area contributed by atoms with Crippen LogP contribution >= 0.6 is 28.1 Å². The van der Waals surface area contributed by atoms with E-state index in [-0.39, 0.29) is 0 Å². The Kier molecular flexibility index (Phi) is 4.36. The molecule has 0 atom stereocenters. The Hall–Kier alpha value is -0.410. The number of rotatable bonds is 2. The minimum Gasteiger partial charge on any atom is -0.373 e. The van der Waals surface area contributed by atoms with E-state index in [0.29, 0.717) is 6.04 Å². The Morgan fingerprint density at radius 2 is 1.75 bits per heavy atom. The van der Waals surface area contributed by atoms with Crippen molar-refractivity contribution in [2.24, 2.45) is 0 Å². The molecule has 1 aromatic rings. The predicted molar refractivity (Wildman–Crippen MR) is 75.9 cm³/mol. The Labute approximate surface area is 111 Å². The lowest BCUT2D eigenvalue weighted by Gasteiger charge is -2.24. The fraction of sp³-hybridized carbons (Fsp3) is 0.462. The molecule has 0 bridgehead atoms. The van der Waals surface area contributed by atoms with Crippen LogP contribution in [0, 0.1) is 0 Å². The summed E-state index contributed by atoms with van der Waals surface area (Å²) in [5.74, 6) is 0. The van der Waals surface area contributed by atoms with Gasteiger partial charge in [-0.3, -0.25) is 0 Å². The fourth-order valence-electron chi connectivity index (χ4n) is 2.12. The summed E-state index contributed by atoms with van der Waals surface area (Å²) in [6.45, 7) is 0. The van der Waals surface area contributed by atoms with E-state index in [4.69, 9.17) is 12.2 Å². The van der Waals surface area contributed by atoms with Crippen LogP contribution in [0.3, 0.4) is 0 Å². The van der Waals surface area contributed by atoms with E-state index >= 15 is 0 Å². The van der Waals surface area contributed by atoms with Crippen molar-refractivity contribution in [2.75, 3.05) is 0 Å². The molecule has 0 amide bonds. The SMILES string of the molecule is S=C(NC1CCCCC1)c1ccc(Br)cc1. The molecular weight excluding hydrogens is 282 g/mol. The zero-order valence-electron chi connectivity index (χ0n) is 9.21. The Morgan fingerprint density at radius 3 is 2.38 bits per heavy atom. The van der Waals surface area contributed by atoms with E-state index in [1.165, 1.54) is 32.1 Å². The highest BCUT2D eigenvalue weighted by Crippen LogP contribution is 2.18. The van der Waals surface area contributed by atoms with Crippen LogP contribution in [-0.4, -0.2) is 11.0 Å². The van der Waals surface area contributed by atoms with Gasteiger partial charge in [0.25, 0.3) is 0 Å². The van der Waals surface area contributed by atoms with Gasteiger partial charge in [-0.2, -0.15) is 0 Å². The molecule has 0 radical (unpaired) electrons. The molecular formula is C13H16BrNS. The molecule has 1 fully saturated rings. The average molecular weight is 298 g/mol. The molecule has 1 saturated carbocycles. The molecule has 86 valence electrons. The van der Waals surface area contributed by atoms with Gasteiger partial charge in [-0.25, -0.2) is 0 Å². The molecule has 1 N–H and O–H groups in total. The smallest absolute Gasteiger partial charge is 0.106 e. The number of hydrogen-bond acceptors (Lipinski definition) is 1. The van der Waals surface area contributed by atoms with Gasteiger partial charge in [0.15, 0.2) is 0 Å². The molecule has 1 aliphatic carbocycles. The van der Waals surface area contributed by atoms with Gasteiger partial charge in [-0.1, -0.05) is 59.5 Å². The van der Waals surface area contributed by atoms with Crippen molar-refractivity contribution in [3.05, 3.63) is 34.3 Å². The third-order valence-corrected chi connectivity index (χ3v) is 3.93. The third kappa shape index (κ3) is 3.29. The predicted octanol–water partition coefficient (Wildman–Crippen LogP) is 4.05. The maximum absolute atomic E-state index is 5.42. The lowest BCUT2D eigenvalue weighted by atomic mass is 9.95. The quantitative estimate of drug-likeness (QED) is 0.827. The molecule has 3 heteroatoms. The van der Waals surface area contributed by atoms with Crippen molar-refractivity contribution < 1.29 is 0 Å². The van der Waals surface area contributed by atoms with Crippen LogP contribution in [0.5, 0.6) is 0 Å². The first-order valence-corrected chi connectivity index (χ1v) is 7.02. The Morgan fingerprint density at radius 1 is 1.12 bits per heavy atom. The zero-order chi connectivity index (χ0) is 11.4. The highest BCUT2D eigenvalue weighted by atomic mass is 79.9. The second-order valence-corrected chi connectivity index (χ2v) is 5.64. The highest BCUT2D eigenvalue weighted by Gasteiger charge is 2.14. The second-order valence-electron chi connectivity index (χ2n) is 4.32. The van der Waals surface area contributed by atoms with Gasteiger partial charge in [0.05, 0.1) is 0 Å². The molecule has 0 aliphatic heterocycles. The van der Waals surface area contributed by atoms with Crippen molar-refractivity contribution in [1.82, 2.24) is 5.32 Å². The zero-order valence-corrected chi connectivity index (χ0v) is 11.6. The maximum atomic E-state index is 5.42. The average Bonchev–Trinajstić information content (AvgIpc) is 2.31. The van der Waals surface area contributed by atoms with Crippen molar-refractivity contribution in [3.63, 3.8) is 0 Å². The molecule has 1 aliphatic rings. The van der Waals surface area contributed by atoms with Gasteiger partial charge in [0, 0.05) is 16.1 Å². The molecule has 0 aromatic heterocycles. The van der Waals surface area contributed by atoms with Gasteiger partial charge in [-0.05, 0) is 25.0 Å². The number of halogens is 1. The minimum atomic E-state index is 0.588. The molecule has 0 heterocycles. The first-order valence-electron chi connectivity index (χ1n) is 5.82. The second kappa shape index (κ2) is 5.78. The van der Waals surface area contributed by atoms with Crippen LogP contribution in [0.2, 0.25) is 0 Å². The molecule has 1 aromatic carbocycles.